The maximum Gasteiger partial charge on any atom is 0.294 e. The number of nitrogens with zero attached hydrogens (tertiary/aromatic N) is 1. The first kappa shape index (κ1) is 21.8. The van der Waals surface area contributed by atoms with E-state index in [0.717, 1.165) is 0 Å². The van der Waals surface area contributed by atoms with Crippen molar-refractivity contribution in [3.63, 3.8) is 0 Å². The molecule has 1 aromatic heterocycles. The molecule has 7 heteroatoms. The fourth-order valence-corrected chi connectivity index (χ4v) is 4.36. The first-order valence-corrected chi connectivity index (χ1v) is 11.1. The Balaban J connectivity index is 1.63. The van der Waals surface area contributed by atoms with Crippen LogP contribution in [0.5, 0.6) is 5.75 Å². The van der Waals surface area contributed by atoms with Crippen molar-refractivity contribution in [2.45, 2.75) is 13.0 Å². The first-order chi connectivity index (χ1) is 16.5. The number of carbonyl (C=O) groups is 2. The number of halogens is 1. The highest BCUT2D eigenvalue weighted by atomic mass is 35.5. The van der Waals surface area contributed by atoms with Crippen molar-refractivity contribution in [3.8, 4) is 5.75 Å². The second kappa shape index (κ2) is 8.72. The quantitative estimate of drug-likeness (QED) is 0.334. The molecule has 1 atom stereocenters. The molecule has 170 valence electrons. The molecule has 5 rings (SSSR count). The molecule has 6 nitrogen and oxygen atoms in total. The van der Waals surface area contributed by atoms with E-state index in [2.05, 4.69) is 0 Å². The fourth-order valence-electron chi connectivity index (χ4n) is 4.18. The highest BCUT2D eigenvalue weighted by molar-refractivity contribution is 6.31. The van der Waals surface area contributed by atoms with Crippen LogP contribution in [-0.2, 0) is 4.79 Å². The minimum absolute atomic E-state index is 0.0115. The molecular formula is C27H20ClNO5. The lowest BCUT2D eigenvalue weighted by Gasteiger charge is -2.26. The van der Waals surface area contributed by atoms with Crippen molar-refractivity contribution in [1.29, 1.82) is 0 Å². The number of benzene rings is 3. The van der Waals surface area contributed by atoms with E-state index in [4.69, 9.17) is 20.8 Å². The normalized spacial score (nSPS) is 15.9. The van der Waals surface area contributed by atoms with E-state index >= 15 is 0 Å². The summed E-state index contributed by atoms with van der Waals surface area (Å²) in [4.78, 5) is 28.3. The van der Waals surface area contributed by atoms with Gasteiger partial charge in [0, 0.05) is 16.1 Å². The molecule has 0 fully saturated rings. The molecule has 1 unspecified atom stereocenters. The second-order valence-corrected chi connectivity index (χ2v) is 8.24. The van der Waals surface area contributed by atoms with Gasteiger partial charge in [-0.05, 0) is 61.0 Å². The Morgan fingerprint density at radius 3 is 2.50 bits per heavy atom. The number of hydrogen-bond acceptors (Lipinski definition) is 5. The summed E-state index contributed by atoms with van der Waals surface area (Å²) in [5, 5.41) is 12.0. The molecule has 0 spiro atoms. The van der Waals surface area contributed by atoms with E-state index in [0.29, 0.717) is 39.6 Å². The number of furan rings is 1. The van der Waals surface area contributed by atoms with Crippen LogP contribution in [0.2, 0.25) is 5.02 Å². The molecule has 3 aromatic carbocycles. The number of carbonyl (C=O) groups excluding carboxylic acids is 2. The van der Waals surface area contributed by atoms with Crippen LogP contribution in [0.1, 0.15) is 29.1 Å². The number of hydrogen-bond donors (Lipinski definition) is 1. The standard InChI is InChI=1S/C27H20ClNO5/c1-2-33-20-11-8-16(9-12-20)24-23(26(31)27(32)29(24)19-6-4-3-5-7-19)25(30)22-15-17-14-18(28)10-13-21(17)34-22/h3-15,24,31H,2H2,1H3. The van der Waals surface area contributed by atoms with Gasteiger partial charge in [-0.1, -0.05) is 41.9 Å². The lowest BCUT2D eigenvalue weighted by atomic mass is 9.94. The van der Waals surface area contributed by atoms with Crippen LogP contribution in [0.3, 0.4) is 0 Å². The van der Waals surface area contributed by atoms with Gasteiger partial charge in [0.2, 0.25) is 5.78 Å². The Kier molecular flexibility index (Phi) is 5.59. The first-order valence-electron chi connectivity index (χ1n) is 10.8. The Hall–Kier alpha value is -4.03. The van der Waals surface area contributed by atoms with Crippen molar-refractivity contribution in [2.24, 2.45) is 0 Å². The van der Waals surface area contributed by atoms with Crippen LogP contribution in [0, 0.1) is 0 Å². The van der Waals surface area contributed by atoms with Crippen molar-refractivity contribution in [3.05, 3.63) is 107 Å². The Morgan fingerprint density at radius 1 is 1.06 bits per heavy atom. The number of fused-ring (bicyclic) bond motifs is 1. The molecule has 34 heavy (non-hydrogen) atoms. The van der Waals surface area contributed by atoms with Gasteiger partial charge >= 0.3 is 0 Å². The number of Topliss-reactive ketones (excluding diaryl/α,β-unsaturated/α-hetero) is 1. The summed E-state index contributed by atoms with van der Waals surface area (Å²) in [6.07, 6.45) is 0. The zero-order valence-corrected chi connectivity index (χ0v) is 19.0. The number of aliphatic hydroxyl groups is 1. The third kappa shape index (κ3) is 3.72. The average molecular weight is 474 g/mol. The van der Waals surface area contributed by atoms with Crippen LogP contribution >= 0.6 is 11.6 Å². The minimum Gasteiger partial charge on any atom is -0.503 e. The summed E-state index contributed by atoms with van der Waals surface area (Å²) < 4.78 is 11.3. The monoisotopic (exact) mass is 473 g/mol. The molecule has 0 saturated carbocycles. The summed E-state index contributed by atoms with van der Waals surface area (Å²) >= 11 is 6.06. The summed E-state index contributed by atoms with van der Waals surface area (Å²) in [5.74, 6) is -1.16. The SMILES string of the molecule is CCOc1ccc(C2C(C(=O)c3cc4cc(Cl)ccc4o3)=C(O)C(=O)N2c2ccccc2)cc1. The predicted octanol–water partition coefficient (Wildman–Crippen LogP) is 6.27. The summed E-state index contributed by atoms with van der Waals surface area (Å²) in [5.41, 5.74) is 1.63. The predicted molar refractivity (Wildman–Crippen MR) is 129 cm³/mol. The smallest absolute Gasteiger partial charge is 0.294 e. The van der Waals surface area contributed by atoms with E-state index in [1.165, 1.54) is 4.90 Å². The maximum atomic E-state index is 13.6. The summed E-state index contributed by atoms with van der Waals surface area (Å²) in [6.45, 7) is 2.40. The Bertz CT molecular complexity index is 1420. The molecule has 1 aliphatic rings. The number of amides is 1. The zero-order chi connectivity index (χ0) is 23.8. The van der Waals surface area contributed by atoms with Crippen LogP contribution in [0.25, 0.3) is 11.0 Å². The van der Waals surface area contributed by atoms with E-state index in [1.54, 1.807) is 72.8 Å². The van der Waals surface area contributed by atoms with Gasteiger partial charge in [0.25, 0.3) is 5.91 Å². The molecule has 0 saturated heterocycles. The number of para-hydroxylation sites is 1. The van der Waals surface area contributed by atoms with Crippen LogP contribution in [0.15, 0.2) is 94.6 Å². The molecule has 1 aliphatic heterocycles. The molecule has 1 amide bonds. The van der Waals surface area contributed by atoms with Crippen LogP contribution in [0.4, 0.5) is 5.69 Å². The molecule has 0 bridgehead atoms. The van der Waals surface area contributed by atoms with Gasteiger partial charge in [-0.25, -0.2) is 0 Å². The van der Waals surface area contributed by atoms with Crippen molar-refractivity contribution < 1.29 is 23.8 Å². The van der Waals surface area contributed by atoms with Gasteiger partial charge < -0.3 is 14.3 Å². The molecular weight excluding hydrogens is 454 g/mol. The highest BCUT2D eigenvalue weighted by Gasteiger charge is 2.45. The lowest BCUT2D eigenvalue weighted by Crippen LogP contribution is -2.31. The van der Waals surface area contributed by atoms with Gasteiger partial charge in [-0.15, -0.1) is 0 Å². The van der Waals surface area contributed by atoms with E-state index in [9.17, 15) is 14.7 Å². The van der Waals surface area contributed by atoms with Crippen LogP contribution < -0.4 is 9.64 Å². The number of aliphatic hydroxyl groups excluding tert-OH is 1. The average Bonchev–Trinajstić information content (AvgIpc) is 3.38. The van der Waals surface area contributed by atoms with Gasteiger partial charge in [-0.3, -0.25) is 14.5 Å². The largest absolute Gasteiger partial charge is 0.503 e. The molecule has 1 N–H and O–H groups in total. The molecule has 0 aliphatic carbocycles. The second-order valence-electron chi connectivity index (χ2n) is 7.80. The van der Waals surface area contributed by atoms with Crippen molar-refractivity contribution >= 4 is 39.9 Å². The van der Waals surface area contributed by atoms with Gasteiger partial charge in [0.05, 0.1) is 18.2 Å². The van der Waals surface area contributed by atoms with Gasteiger partial charge in [0.15, 0.2) is 11.5 Å². The third-order valence-electron chi connectivity index (χ3n) is 5.70. The number of ether oxygens (including phenoxy) is 1. The van der Waals surface area contributed by atoms with Gasteiger partial charge in [0.1, 0.15) is 11.3 Å². The van der Waals surface area contributed by atoms with E-state index in [1.807, 2.05) is 13.0 Å². The topological polar surface area (TPSA) is 80.0 Å². The minimum atomic E-state index is -0.852. The number of rotatable bonds is 6. The lowest BCUT2D eigenvalue weighted by molar-refractivity contribution is -0.117. The number of anilines is 1. The van der Waals surface area contributed by atoms with Crippen LogP contribution in [-0.4, -0.2) is 23.4 Å². The fraction of sp³-hybridized carbons (Fsp3) is 0.111. The third-order valence-corrected chi connectivity index (χ3v) is 5.93. The Morgan fingerprint density at radius 2 is 1.79 bits per heavy atom. The summed E-state index contributed by atoms with van der Waals surface area (Å²) in [7, 11) is 0. The van der Waals surface area contributed by atoms with E-state index in [-0.39, 0.29) is 11.3 Å². The molecule has 4 aromatic rings. The Labute approximate surface area is 200 Å². The summed E-state index contributed by atoms with van der Waals surface area (Å²) in [6, 6.07) is 21.7. The van der Waals surface area contributed by atoms with Crippen molar-refractivity contribution in [1.82, 2.24) is 0 Å². The molecule has 2 heterocycles. The number of ketones is 1. The van der Waals surface area contributed by atoms with E-state index < -0.39 is 23.5 Å². The molecule has 0 radical (unpaired) electrons. The van der Waals surface area contributed by atoms with Crippen molar-refractivity contribution in [2.75, 3.05) is 11.5 Å². The van der Waals surface area contributed by atoms with Gasteiger partial charge in [-0.2, -0.15) is 0 Å². The maximum absolute atomic E-state index is 13.6. The zero-order valence-electron chi connectivity index (χ0n) is 18.2. The highest BCUT2D eigenvalue weighted by Crippen LogP contribution is 2.42.